The zero-order valence-corrected chi connectivity index (χ0v) is 15.4. The van der Waals surface area contributed by atoms with E-state index in [2.05, 4.69) is 5.32 Å². The minimum atomic E-state index is -4.75. The summed E-state index contributed by atoms with van der Waals surface area (Å²) in [6.07, 6.45) is -3.15. The highest BCUT2D eigenvalue weighted by Crippen LogP contribution is 2.24. The highest BCUT2D eigenvalue weighted by Gasteiger charge is 2.36. The number of unbranched alkanes of at least 4 members (excludes halogenated alkanes) is 3. The van der Waals surface area contributed by atoms with Crippen LogP contribution >= 0.6 is 0 Å². The third kappa shape index (κ3) is 7.06. The minimum absolute atomic E-state index is 0.156. The number of halogens is 3. The maximum Gasteiger partial charge on any atom is 0.449 e. The number of Topliss-reactive ketones (excluding diaryl/α,β-unsaturated/α-hetero) is 1. The molecule has 3 N–H and O–H groups in total. The number of hydrogen-bond acceptors (Lipinski definition) is 3. The Morgan fingerprint density at radius 3 is 2.11 bits per heavy atom. The Labute approximate surface area is 161 Å². The Balaban J connectivity index is 1.73. The van der Waals surface area contributed by atoms with Crippen molar-refractivity contribution in [1.82, 2.24) is 0 Å². The number of hydrogen-bond donors (Lipinski definition) is 2. The Morgan fingerprint density at radius 2 is 1.46 bits per heavy atom. The second-order valence-electron chi connectivity index (χ2n) is 6.59. The lowest BCUT2D eigenvalue weighted by atomic mass is 10.0. The van der Waals surface area contributed by atoms with E-state index in [0.717, 1.165) is 11.1 Å². The zero-order valence-electron chi connectivity index (χ0n) is 15.4. The number of carbonyl (C=O) groups is 2. The lowest BCUT2D eigenvalue weighted by Crippen LogP contribution is -2.22. The van der Waals surface area contributed by atoms with Crippen LogP contribution in [0.25, 0.3) is 11.1 Å². The summed E-state index contributed by atoms with van der Waals surface area (Å²) in [5, 5.41) is 2.82. The molecule has 0 saturated heterocycles. The second-order valence-corrected chi connectivity index (χ2v) is 6.59. The standard InChI is InChI=1S/C21H23F3N2O2/c22-21(23,24)19(27)11-3-1-2-4-12-20(28)26-18-10-6-8-16(14-18)15-7-5-9-17(25)13-15/h5-10,13-14H,1-4,11-12,25H2,(H,26,28). The van der Waals surface area contributed by atoms with Crippen molar-refractivity contribution in [1.29, 1.82) is 0 Å². The van der Waals surface area contributed by atoms with Crippen molar-refractivity contribution in [3.8, 4) is 11.1 Å². The van der Waals surface area contributed by atoms with Crippen molar-refractivity contribution >= 4 is 23.1 Å². The van der Waals surface area contributed by atoms with Crippen molar-refractivity contribution < 1.29 is 22.8 Å². The van der Waals surface area contributed by atoms with Gasteiger partial charge in [0.05, 0.1) is 0 Å². The molecule has 0 radical (unpaired) electrons. The predicted octanol–water partition coefficient (Wildman–Crippen LogP) is 5.35. The number of rotatable bonds is 9. The van der Waals surface area contributed by atoms with Crippen molar-refractivity contribution in [2.75, 3.05) is 11.1 Å². The van der Waals surface area contributed by atoms with Gasteiger partial charge in [0.2, 0.25) is 11.7 Å². The van der Waals surface area contributed by atoms with Crippen LogP contribution in [0, 0.1) is 0 Å². The lowest BCUT2D eigenvalue weighted by molar-refractivity contribution is -0.171. The number of nitrogen functional groups attached to an aromatic ring is 1. The molecule has 0 bridgehead atoms. The molecule has 0 spiro atoms. The maximum atomic E-state index is 12.1. The van der Waals surface area contributed by atoms with E-state index in [1.165, 1.54) is 0 Å². The third-order valence-corrected chi connectivity index (χ3v) is 4.24. The fraction of sp³-hybridized carbons (Fsp3) is 0.333. The summed E-state index contributed by atoms with van der Waals surface area (Å²) in [5.41, 5.74) is 9.00. The minimum Gasteiger partial charge on any atom is -0.399 e. The van der Waals surface area contributed by atoms with Crippen LogP contribution in [0.4, 0.5) is 24.5 Å². The van der Waals surface area contributed by atoms with Crippen molar-refractivity contribution in [2.45, 2.75) is 44.7 Å². The van der Waals surface area contributed by atoms with Gasteiger partial charge >= 0.3 is 6.18 Å². The molecule has 0 saturated carbocycles. The summed E-state index contributed by atoms with van der Waals surface area (Å²) in [7, 11) is 0. The summed E-state index contributed by atoms with van der Waals surface area (Å²) >= 11 is 0. The van der Waals surface area contributed by atoms with Crippen LogP contribution in [-0.4, -0.2) is 17.9 Å². The molecule has 28 heavy (non-hydrogen) atoms. The number of ketones is 1. The number of alkyl halides is 3. The quantitative estimate of drug-likeness (QED) is 0.447. The Morgan fingerprint density at radius 1 is 0.857 bits per heavy atom. The first-order valence-corrected chi connectivity index (χ1v) is 9.11. The molecule has 0 fully saturated rings. The summed E-state index contributed by atoms with van der Waals surface area (Å²) < 4.78 is 36.3. The normalized spacial score (nSPS) is 11.2. The van der Waals surface area contributed by atoms with E-state index in [0.29, 0.717) is 30.6 Å². The van der Waals surface area contributed by atoms with E-state index in [1.807, 2.05) is 36.4 Å². The molecule has 0 aromatic heterocycles. The van der Waals surface area contributed by atoms with Crippen LogP contribution in [0.1, 0.15) is 38.5 Å². The predicted molar refractivity (Wildman–Crippen MR) is 104 cm³/mol. The van der Waals surface area contributed by atoms with Crippen molar-refractivity contribution in [3.05, 3.63) is 48.5 Å². The topological polar surface area (TPSA) is 72.2 Å². The first-order chi connectivity index (χ1) is 13.3. The van der Waals surface area contributed by atoms with Gasteiger partial charge in [-0.25, -0.2) is 0 Å². The molecule has 0 aliphatic heterocycles. The van der Waals surface area contributed by atoms with Crippen LogP contribution in [0.15, 0.2) is 48.5 Å². The molecule has 0 atom stereocenters. The van der Waals surface area contributed by atoms with E-state index in [9.17, 15) is 22.8 Å². The smallest absolute Gasteiger partial charge is 0.399 e. The van der Waals surface area contributed by atoms with Crippen LogP contribution in [0.2, 0.25) is 0 Å². The molecule has 0 heterocycles. The second kappa shape index (κ2) is 9.92. The van der Waals surface area contributed by atoms with Crippen LogP contribution in [-0.2, 0) is 9.59 Å². The monoisotopic (exact) mass is 392 g/mol. The van der Waals surface area contributed by atoms with E-state index in [4.69, 9.17) is 5.73 Å². The molecule has 0 aliphatic carbocycles. The molecule has 150 valence electrons. The number of nitrogens with two attached hydrogens (primary N) is 1. The average molecular weight is 392 g/mol. The first-order valence-electron chi connectivity index (χ1n) is 9.11. The average Bonchev–Trinajstić information content (AvgIpc) is 2.63. The van der Waals surface area contributed by atoms with Crippen molar-refractivity contribution in [3.63, 3.8) is 0 Å². The zero-order chi connectivity index (χ0) is 20.6. The van der Waals surface area contributed by atoms with E-state index in [-0.39, 0.29) is 18.7 Å². The molecule has 0 aliphatic rings. The fourth-order valence-corrected chi connectivity index (χ4v) is 2.78. The summed E-state index contributed by atoms with van der Waals surface area (Å²) in [6, 6.07) is 14.8. The SMILES string of the molecule is Nc1cccc(-c2cccc(NC(=O)CCCCCCC(=O)C(F)(F)F)c2)c1. The molecule has 1 amide bonds. The van der Waals surface area contributed by atoms with E-state index >= 15 is 0 Å². The number of anilines is 2. The highest BCUT2D eigenvalue weighted by atomic mass is 19.4. The number of carbonyl (C=O) groups excluding carboxylic acids is 2. The molecule has 2 rings (SSSR count). The number of benzene rings is 2. The summed E-state index contributed by atoms with van der Waals surface area (Å²) in [4.78, 5) is 22.8. The largest absolute Gasteiger partial charge is 0.449 e. The van der Waals surface area contributed by atoms with Gasteiger partial charge in [0, 0.05) is 24.2 Å². The van der Waals surface area contributed by atoms with E-state index < -0.39 is 18.4 Å². The Bertz CT molecular complexity index is 819. The first kappa shape index (κ1) is 21.5. The van der Waals surface area contributed by atoms with Gasteiger partial charge in [0.15, 0.2) is 0 Å². The van der Waals surface area contributed by atoms with Gasteiger partial charge in [-0.3, -0.25) is 9.59 Å². The van der Waals surface area contributed by atoms with E-state index in [1.54, 1.807) is 12.1 Å². The van der Waals surface area contributed by atoms with Gasteiger partial charge in [0.1, 0.15) is 0 Å². The molecular weight excluding hydrogens is 369 g/mol. The molecule has 7 heteroatoms. The van der Waals surface area contributed by atoms with Gasteiger partial charge in [-0.05, 0) is 48.2 Å². The molecule has 2 aromatic carbocycles. The van der Waals surface area contributed by atoms with Gasteiger partial charge in [-0.2, -0.15) is 13.2 Å². The molecule has 4 nitrogen and oxygen atoms in total. The van der Waals surface area contributed by atoms with Gasteiger partial charge in [0.25, 0.3) is 0 Å². The van der Waals surface area contributed by atoms with Gasteiger partial charge < -0.3 is 11.1 Å². The number of nitrogens with one attached hydrogen (secondary N) is 1. The van der Waals surface area contributed by atoms with Gasteiger partial charge in [-0.1, -0.05) is 37.1 Å². The summed E-state index contributed by atoms with van der Waals surface area (Å²) in [6.45, 7) is 0. The Hall–Kier alpha value is -2.83. The maximum absolute atomic E-state index is 12.1. The van der Waals surface area contributed by atoms with Crippen LogP contribution < -0.4 is 11.1 Å². The Kier molecular flexibility index (Phi) is 7.61. The van der Waals surface area contributed by atoms with Gasteiger partial charge in [-0.15, -0.1) is 0 Å². The number of amides is 1. The van der Waals surface area contributed by atoms with Crippen LogP contribution in [0.3, 0.4) is 0 Å². The van der Waals surface area contributed by atoms with Crippen LogP contribution in [0.5, 0.6) is 0 Å². The lowest BCUT2D eigenvalue weighted by Gasteiger charge is -2.08. The highest BCUT2D eigenvalue weighted by molar-refractivity contribution is 5.91. The third-order valence-electron chi connectivity index (χ3n) is 4.24. The molecule has 2 aromatic rings. The molecule has 0 unspecified atom stereocenters. The fourth-order valence-electron chi connectivity index (χ4n) is 2.78. The molecular formula is C21H23F3N2O2. The summed E-state index contributed by atoms with van der Waals surface area (Å²) in [5.74, 6) is -1.85. The van der Waals surface area contributed by atoms with Crippen molar-refractivity contribution in [2.24, 2.45) is 0 Å².